The molecule has 4 rings (SSSR count). The summed E-state index contributed by atoms with van der Waals surface area (Å²) in [5.41, 5.74) is 1.03. The second-order valence-corrected chi connectivity index (χ2v) is 7.64. The SMILES string of the molecule is O=C(CSc1nnc(-c2ccc(F)cc2)o1)Nc1cc(Cl)ccc1Oc1ccccc1. The van der Waals surface area contributed by atoms with Crippen LogP contribution in [0.15, 0.2) is 82.4 Å². The second-order valence-electron chi connectivity index (χ2n) is 6.27. The standard InChI is InChI=1S/C22H15ClFN3O3S/c23-15-8-11-19(29-17-4-2-1-3-5-17)18(12-15)25-20(28)13-31-22-27-26-21(30-22)14-6-9-16(24)10-7-14/h1-12H,13H2,(H,25,28). The van der Waals surface area contributed by atoms with Crippen LogP contribution in [-0.4, -0.2) is 21.9 Å². The molecule has 0 atom stereocenters. The first-order valence-electron chi connectivity index (χ1n) is 9.11. The molecule has 0 aliphatic heterocycles. The van der Waals surface area contributed by atoms with Crippen molar-refractivity contribution in [2.75, 3.05) is 11.1 Å². The van der Waals surface area contributed by atoms with E-state index in [-0.39, 0.29) is 28.6 Å². The third-order valence-corrected chi connectivity index (χ3v) is 5.06. The third-order valence-electron chi connectivity index (χ3n) is 4.01. The smallest absolute Gasteiger partial charge is 0.277 e. The third kappa shape index (κ3) is 5.62. The van der Waals surface area contributed by atoms with Gasteiger partial charge in [-0.25, -0.2) is 4.39 Å². The molecular weight excluding hydrogens is 441 g/mol. The first-order valence-corrected chi connectivity index (χ1v) is 10.5. The van der Waals surface area contributed by atoms with Gasteiger partial charge in [-0.3, -0.25) is 4.79 Å². The normalized spacial score (nSPS) is 10.6. The summed E-state index contributed by atoms with van der Waals surface area (Å²) in [6.45, 7) is 0. The Morgan fingerprint density at radius 2 is 1.84 bits per heavy atom. The lowest BCUT2D eigenvalue weighted by molar-refractivity contribution is -0.113. The first-order chi connectivity index (χ1) is 15.1. The summed E-state index contributed by atoms with van der Waals surface area (Å²) in [6.07, 6.45) is 0. The van der Waals surface area contributed by atoms with Crippen LogP contribution in [0, 0.1) is 5.82 Å². The van der Waals surface area contributed by atoms with Crippen molar-refractivity contribution in [1.29, 1.82) is 0 Å². The van der Waals surface area contributed by atoms with E-state index in [4.69, 9.17) is 20.8 Å². The maximum atomic E-state index is 13.0. The maximum absolute atomic E-state index is 13.0. The fraction of sp³-hybridized carbons (Fsp3) is 0.0455. The molecule has 0 radical (unpaired) electrons. The van der Waals surface area contributed by atoms with Gasteiger partial charge in [-0.15, -0.1) is 10.2 Å². The lowest BCUT2D eigenvalue weighted by Crippen LogP contribution is -2.14. The number of hydrogen-bond acceptors (Lipinski definition) is 6. The molecule has 1 amide bonds. The van der Waals surface area contributed by atoms with Gasteiger partial charge in [-0.2, -0.15) is 0 Å². The Kier molecular flexibility index (Phi) is 6.49. The summed E-state index contributed by atoms with van der Waals surface area (Å²) in [5.74, 6) is 0.718. The number of ether oxygens (including phenoxy) is 1. The highest BCUT2D eigenvalue weighted by atomic mass is 35.5. The van der Waals surface area contributed by atoms with Crippen molar-refractivity contribution in [3.05, 3.63) is 83.6 Å². The van der Waals surface area contributed by atoms with Crippen molar-refractivity contribution in [1.82, 2.24) is 10.2 Å². The molecule has 1 aromatic heterocycles. The van der Waals surface area contributed by atoms with Crippen LogP contribution in [-0.2, 0) is 4.79 Å². The number of benzene rings is 3. The number of amides is 1. The van der Waals surface area contributed by atoms with Crippen molar-refractivity contribution in [3.8, 4) is 23.0 Å². The predicted molar refractivity (Wildman–Crippen MR) is 117 cm³/mol. The van der Waals surface area contributed by atoms with Crippen molar-refractivity contribution in [3.63, 3.8) is 0 Å². The number of rotatable bonds is 7. The molecule has 0 unspecified atom stereocenters. The van der Waals surface area contributed by atoms with Gasteiger partial charge in [0.2, 0.25) is 11.8 Å². The van der Waals surface area contributed by atoms with Crippen LogP contribution in [0.3, 0.4) is 0 Å². The summed E-state index contributed by atoms with van der Waals surface area (Å²) in [6, 6.07) is 19.9. The fourth-order valence-corrected chi connectivity index (χ4v) is 3.33. The Morgan fingerprint density at radius 3 is 2.61 bits per heavy atom. The van der Waals surface area contributed by atoms with E-state index in [1.165, 1.54) is 24.3 Å². The molecule has 1 N–H and O–H groups in total. The van der Waals surface area contributed by atoms with E-state index in [9.17, 15) is 9.18 Å². The minimum Gasteiger partial charge on any atom is -0.455 e. The number of hydrogen-bond donors (Lipinski definition) is 1. The summed E-state index contributed by atoms with van der Waals surface area (Å²) in [7, 11) is 0. The number of para-hydroxylation sites is 1. The molecule has 9 heteroatoms. The van der Waals surface area contributed by atoms with Gasteiger partial charge in [0, 0.05) is 10.6 Å². The Bertz CT molecular complexity index is 1190. The number of nitrogens with zero attached hydrogens (tertiary/aromatic N) is 2. The molecule has 0 saturated carbocycles. The molecule has 1 heterocycles. The molecule has 0 fully saturated rings. The van der Waals surface area contributed by atoms with E-state index in [2.05, 4.69) is 15.5 Å². The van der Waals surface area contributed by atoms with Crippen LogP contribution in [0.5, 0.6) is 11.5 Å². The Labute approximate surface area is 186 Å². The van der Waals surface area contributed by atoms with E-state index in [1.807, 2.05) is 30.3 Å². The molecule has 0 saturated heterocycles. The van der Waals surface area contributed by atoms with E-state index in [0.29, 0.717) is 27.8 Å². The monoisotopic (exact) mass is 455 g/mol. The van der Waals surface area contributed by atoms with Crippen molar-refractivity contribution in [2.45, 2.75) is 5.22 Å². The van der Waals surface area contributed by atoms with E-state index >= 15 is 0 Å². The fourth-order valence-electron chi connectivity index (χ4n) is 2.60. The number of thioether (sulfide) groups is 1. The average molecular weight is 456 g/mol. The number of halogens is 2. The average Bonchev–Trinajstić information content (AvgIpc) is 3.25. The number of carbonyl (C=O) groups is 1. The summed E-state index contributed by atoms with van der Waals surface area (Å²) in [4.78, 5) is 12.5. The molecule has 6 nitrogen and oxygen atoms in total. The lowest BCUT2D eigenvalue weighted by Gasteiger charge is -2.12. The van der Waals surface area contributed by atoms with Gasteiger partial charge in [0.1, 0.15) is 11.6 Å². The summed E-state index contributed by atoms with van der Waals surface area (Å²) >= 11 is 7.16. The predicted octanol–water partition coefficient (Wildman–Crippen LogP) is 6.05. The van der Waals surface area contributed by atoms with Gasteiger partial charge in [-0.05, 0) is 54.6 Å². The number of anilines is 1. The van der Waals surface area contributed by atoms with E-state index < -0.39 is 0 Å². The van der Waals surface area contributed by atoms with E-state index in [0.717, 1.165) is 11.8 Å². The second kappa shape index (κ2) is 9.63. The highest BCUT2D eigenvalue weighted by Gasteiger charge is 2.14. The number of carbonyl (C=O) groups excluding carboxylic acids is 1. The van der Waals surface area contributed by atoms with Gasteiger partial charge in [-0.1, -0.05) is 41.6 Å². The molecule has 0 aliphatic rings. The Hall–Kier alpha value is -3.36. The Morgan fingerprint density at radius 1 is 1.06 bits per heavy atom. The molecule has 4 aromatic rings. The molecule has 31 heavy (non-hydrogen) atoms. The zero-order valence-corrected chi connectivity index (χ0v) is 17.5. The van der Waals surface area contributed by atoms with Crippen molar-refractivity contribution in [2.24, 2.45) is 0 Å². The minimum absolute atomic E-state index is 0.0301. The van der Waals surface area contributed by atoms with Crippen molar-refractivity contribution >= 4 is 35.0 Å². The Balaban J connectivity index is 1.39. The van der Waals surface area contributed by atoms with Gasteiger partial charge >= 0.3 is 0 Å². The minimum atomic E-state index is -0.355. The summed E-state index contributed by atoms with van der Waals surface area (Å²) < 4.78 is 24.4. The number of aromatic nitrogens is 2. The van der Waals surface area contributed by atoms with Crippen LogP contribution in [0.2, 0.25) is 5.02 Å². The zero-order chi connectivity index (χ0) is 21.6. The van der Waals surface area contributed by atoms with Crippen LogP contribution in [0.4, 0.5) is 10.1 Å². The van der Waals surface area contributed by atoms with Crippen molar-refractivity contribution < 1.29 is 18.3 Å². The largest absolute Gasteiger partial charge is 0.455 e. The molecule has 0 spiro atoms. The maximum Gasteiger partial charge on any atom is 0.277 e. The van der Waals surface area contributed by atoms with Crippen LogP contribution >= 0.6 is 23.4 Å². The molecule has 156 valence electrons. The van der Waals surface area contributed by atoms with Crippen LogP contribution < -0.4 is 10.1 Å². The van der Waals surface area contributed by atoms with Gasteiger partial charge in [0.05, 0.1) is 11.4 Å². The molecule has 3 aromatic carbocycles. The first kappa shape index (κ1) is 20.9. The number of nitrogens with one attached hydrogen (secondary N) is 1. The highest BCUT2D eigenvalue weighted by Crippen LogP contribution is 2.32. The lowest BCUT2D eigenvalue weighted by atomic mass is 10.2. The van der Waals surface area contributed by atoms with Gasteiger partial charge in [0.25, 0.3) is 5.22 Å². The topological polar surface area (TPSA) is 77.2 Å². The van der Waals surface area contributed by atoms with Crippen LogP contribution in [0.1, 0.15) is 0 Å². The summed E-state index contributed by atoms with van der Waals surface area (Å²) in [5, 5.41) is 11.3. The zero-order valence-electron chi connectivity index (χ0n) is 15.9. The molecular formula is C22H15ClFN3O3S. The highest BCUT2D eigenvalue weighted by molar-refractivity contribution is 7.99. The van der Waals surface area contributed by atoms with Gasteiger partial charge in [0.15, 0.2) is 5.75 Å². The molecule has 0 bridgehead atoms. The van der Waals surface area contributed by atoms with Gasteiger partial charge < -0.3 is 14.5 Å². The van der Waals surface area contributed by atoms with Crippen LogP contribution in [0.25, 0.3) is 11.5 Å². The van der Waals surface area contributed by atoms with E-state index in [1.54, 1.807) is 18.2 Å². The quantitative estimate of drug-likeness (QED) is 0.342. The molecule has 0 aliphatic carbocycles.